The molecule has 2 aromatic heterocycles. The van der Waals surface area contributed by atoms with Crippen molar-refractivity contribution < 1.29 is 5.11 Å². The number of nitrogens with two attached hydrogens (primary N) is 1. The molecule has 2 rings (SSSR count). The van der Waals surface area contributed by atoms with Crippen molar-refractivity contribution in [2.75, 3.05) is 5.73 Å². The van der Waals surface area contributed by atoms with Crippen LogP contribution in [0.15, 0.2) is 4.79 Å². The zero-order chi connectivity index (χ0) is 11.0. The average Bonchev–Trinajstić information content (AvgIpc) is 2.53. The summed E-state index contributed by atoms with van der Waals surface area (Å²) in [6.45, 7) is 1.92. The van der Waals surface area contributed by atoms with Crippen molar-refractivity contribution in [2.24, 2.45) is 0 Å². The summed E-state index contributed by atoms with van der Waals surface area (Å²) in [6.07, 6.45) is 1.24. The minimum absolute atomic E-state index is 0.00889. The lowest BCUT2D eigenvalue weighted by Gasteiger charge is -2.02. The molecule has 2 heterocycles. The van der Waals surface area contributed by atoms with E-state index in [1.54, 1.807) is 0 Å². The molecule has 0 aromatic carbocycles. The van der Waals surface area contributed by atoms with Crippen LogP contribution < -0.4 is 11.3 Å². The molecule has 7 heteroatoms. The maximum Gasteiger partial charge on any atom is 0.259 e. The summed E-state index contributed by atoms with van der Waals surface area (Å²) >= 11 is 0. The highest BCUT2D eigenvalue weighted by molar-refractivity contribution is 5.39. The Kier molecular flexibility index (Phi) is 2.07. The first kappa shape index (κ1) is 9.50. The molecule has 0 spiro atoms. The molecule has 2 aromatic rings. The highest BCUT2D eigenvalue weighted by Gasteiger charge is 2.13. The monoisotopic (exact) mass is 209 g/mol. The fraction of sp³-hybridized carbons (Fsp3) is 0.375. The Labute approximate surface area is 84.6 Å². The SMILES string of the molecule is CCCc1c(O)n2nc(N)nc2[nH]c1=O. The molecule has 0 amide bonds. The Hall–Kier alpha value is -2.05. The second-order valence-corrected chi connectivity index (χ2v) is 3.21. The molecule has 0 saturated carbocycles. The van der Waals surface area contributed by atoms with Crippen LogP contribution in [-0.2, 0) is 6.42 Å². The fourth-order valence-electron chi connectivity index (χ4n) is 1.44. The van der Waals surface area contributed by atoms with Crippen molar-refractivity contribution in [3.8, 4) is 5.88 Å². The second-order valence-electron chi connectivity index (χ2n) is 3.21. The number of aromatic hydroxyl groups is 1. The molecule has 7 nitrogen and oxygen atoms in total. The maximum atomic E-state index is 11.5. The highest BCUT2D eigenvalue weighted by Crippen LogP contribution is 2.14. The van der Waals surface area contributed by atoms with E-state index in [1.165, 1.54) is 0 Å². The Bertz CT molecular complexity index is 556. The second kappa shape index (κ2) is 3.26. The molecule has 0 aliphatic rings. The molecular weight excluding hydrogens is 198 g/mol. The number of nitrogens with zero attached hydrogens (tertiary/aromatic N) is 3. The molecule has 0 aliphatic heterocycles. The molecule has 0 radical (unpaired) electrons. The summed E-state index contributed by atoms with van der Waals surface area (Å²) in [7, 11) is 0. The first-order valence-electron chi connectivity index (χ1n) is 4.60. The Morgan fingerprint density at radius 3 is 3.00 bits per heavy atom. The molecule has 0 bridgehead atoms. The summed E-state index contributed by atoms with van der Waals surface area (Å²) in [6, 6.07) is 0. The number of nitrogens with one attached hydrogen (secondary N) is 1. The van der Waals surface area contributed by atoms with Gasteiger partial charge in [-0.25, -0.2) is 0 Å². The van der Waals surface area contributed by atoms with Crippen LogP contribution in [0.3, 0.4) is 0 Å². The van der Waals surface area contributed by atoms with E-state index in [0.717, 1.165) is 10.9 Å². The summed E-state index contributed by atoms with van der Waals surface area (Å²) in [4.78, 5) is 17.8. The van der Waals surface area contributed by atoms with Crippen molar-refractivity contribution in [2.45, 2.75) is 19.8 Å². The van der Waals surface area contributed by atoms with Crippen LogP contribution in [0.2, 0.25) is 0 Å². The van der Waals surface area contributed by atoms with Crippen LogP contribution in [0.5, 0.6) is 5.88 Å². The van der Waals surface area contributed by atoms with Gasteiger partial charge >= 0.3 is 0 Å². The maximum absolute atomic E-state index is 11.5. The van der Waals surface area contributed by atoms with Gasteiger partial charge in [-0.15, -0.1) is 5.10 Å². The molecule has 0 saturated heterocycles. The zero-order valence-corrected chi connectivity index (χ0v) is 8.19. The molecule has 0 fully saturated rings. The number of nitrogen functional groups attached to an aromatic ring is 1. The van der Waals surface area contributed by atoms with Gasteiger partial charge in [0.2, 0.25) is 17.6 Å². The summed E-state index contributed by atoms with van der Waals surface area (Å²) in [5, 5.41) is 13.5. The predicted octanol–water partition coefficient (Wildman–Crippen LogP) is -0.342. The van der Waals surface area contributed by atoms with Gasteiger partial charge in [0.05, 0.1) is 5.56 Å². The summed E-state index contributed by atoms with van der Waals surface area (Å²) in [5.41, 5.74) is 5.31. The molecule has 15 heavy (non-hydrogen) atoms. The largest absolute Gasteiger partial charge is 0.493 e. The number of H-pyrrole nitrogens is 1. The van der Waals surface area contributed by atoms with Crippen LogP contribution in [0.4, 0.5) is 5.95 Å². The van der Waals surface area contributed by atoms with E-state index in [4.69, 9.17) is 5.73 Å². The van der Waals surface area contributed by atoms with Crippen LogP contribution in [0, 0.1) is 0 Å². The lowest BCUT2D eigenvalue weighted by molar-refractivity contribution is 0.426. The van der Waals surface area contributed by atoms with Crippen molar-refractivity contribution in [1.82, 2.24) is 19.6 Å². The van der Waals surface area contributed by atoms with Crippen molar-refractivity contribution in [1.29, 1.82) is 0 Å². The lowest BCUT2D eigenvalue weighted by atomic mass is 10.2. The van der Waals surface area contributed by atoms with E-state index in [2.05, 4.69) is 15.1 Å². The van der Waals surface area contributed by atoms with Gasteiger partial charge in [-0.2, -0.15) is 9.50 Å². The van der Waals surface area contributed by atoms with E-state index in [0.29, 0.717) is 12.0 Å². The molecular formula is C8H11N5O2. The van der Waals surface area contributed by atoms with Gasteiger partial charge in [0.15, 0.2) is 0 Å². The van der Waals surface area contributed by atoms with Gasteiger partial charge in [0, 0.05) is 0 Å². The first-order valence-corrected chi connectivity index (χ1v) is 4.60. The quantitative estimate of drug-likeness (QED) is 0.626. The fourth-order valence-corrected chi connectivity index (χ4v) is 1.44. The number of aromatic amines is 1. The zero-order valence-electron chi connectivity index (χ0n) is 8.19. The van der Waals surface area contributed by atoms with Gasteiger partial charge in [-0.05, 0) is 6.42 Å². The third-order valence-electron chi connectivity index (χ3n) is 2.09. The van der Waals surface area contributed by atoms with E-state index < -0.39 is 0 Å². The van der Waals surface area contributed by atoms with E-state index in [1.807, 2.05) is 6.92 Å². The predicted molar refractivity (Wildman–Crippen MR) is 53.7 cm³/mol. The first-order chi connectivity index (χ1) is 7.13. The van der Waals surface area contributed by atoms with E-state index >= 15 is 0 Å². The van der Waals surface area contributed by atoms with E-state index in [-0.39, 0.29) is 23.2 Å². The number of fused-ring (bicyclic) bond motifs is 1. The summed E-state index contributed by atoms with van der Waals surface area (Å²) in [5.74, 6) is -0.0377. The normalized spacial score (nSPS) is 11.0. The van der Waals surface area contributed by atoms with Gasteiger partial charge < -0.3 is 10.8 Å². The van der Waals surface area contributed by atoms with Gasteiger partial charge in [0.25, 0.3) is 5.56 Å². The number of anilines is 1. The molecule has 80 valence electrons. The number of hydrogen-bond acceptors (Lipinski definition) is 5. The molecule has 4 N–H and O–H groups in total. The average molecular weight is 209 g/mol. The topological polar surface area (TPSA) is 109 Å². The Morgan fingerprint density at radius 2 is 2.33 bits per heavy atom. The van der Waals surface area contributed by atoms with Crippen LogP contribution >= 0.6 is 0 Å². The third kappa shape index (κ3) is 1.41. The van der Waals surface area contributed by atoms with Crippen LogP contribution in [0.1, 0.15) is 18.9 Å². The standard InChI is InChI=1S/C8H11N5O2/c1-2-3-4-5(14)10-8-11-7(9)12-13(8)6(4)15/h15H,2-3H2,1H3,(H3,9,10,11,12,14). The highest BCUT2D eigenvalue weighted by atomic mass is 16.3. The molecule has 0 atom stereocenters. The minimum Gasteiger partial charge on any atom is -0.493 e. The van der Waals surface area contributed by atoms with Crippen molar-refractivity contribution in [3.05, 3.63) is 15.9 Å². The van der Waals surface area contributed by atoms with Crippen LogP contribution in [-0.4, -0.2) is 24.7 Å². The molecule has 0 unspecified atom stereocenters. The number of hydrogen-bond donors (Lipinski definition) is 3. The van der Waals surface area contributed by atoms with Gasteiger partial charge in [0.1, 0.15) is 0 Å². The third-order valence-corrected chi connectivity index (χ3v) is 2.09. The number of aromatic nitrogens is 4. The van der Waals surface area contributed by atoms with E-state index in [9.17, 15) is 9.90 Å². The van der Waals surface area contributed by atoms with Crippen molar-refractivity contribution in [3.63, 3.8) is 0 Å². The summed E-state index contributed by atoms with van der Waals surface area (Å²) < 4.78 is 1.13. The van der Waals surface area contributed by atoms with Crippen molar-refractivity contribution >= 4 is 11.7 Å². The Balaban J connectivity index is 2.77. The lowest BCUT2D eigenvalue weighted by Crippen LogP contribution is -2.15. The smallest absolute Gasteiger partial charge is 0.259 e. The van der Waals surface area contributed by atoms with Gasteiger partial charge in [-0.1, -0.05) is 13.3 Å². The molecule has 0 aliphatic carbocycles. The van der Waals surface area contributed by atoms with Crippen LogP contribution in [0.25, 0.3) is 5.78 Å². The minimum atomic E-state index is -0.353. The van der Waals surface area contributed by atoms with Gasteiger partial charge in [-0.3, -0.25) is 9.78 Å². The number of rotatable bonds is 2. The Morgan fingerprint density at radius 1 is 1.60 bits per heavy atom.